The average Bonchev–Trinajstić information content (AvgIpc) is 2.98. The lowest BCUT2D eigenvalue weighted by Crippen LogP contribution is -2.30. The smallest absolute Gasteiger partial charge is 0.381 e. The number of primary amides is 1. The molecule has 2 aromatic heterocycles. The van der Waals surface area contributed by atoms with Gasteiger partial charge in [0.2, 0.25) is 11.9 Å². The molecule has 1 saturated heterocycles. The van der Waals surface area contributed by atoms with Crippen LogP contribution in [-0.2, 0) is 18.0 Å². The van der Waals surface area contributed by atoms with Crippen LogP contribution < -0.4 is 16.7 Å². The summed E-state index contributed by atoms with van der Waals surface area (Å²) in [5.74, 6) is -1.15. The van der Waals surface area contributed by atoms with E-state index >= 15 is 0 Å². The molecule has 3 N–H and O–H groups in total. The van der Waals surface area contributed by atoms with Crippen molar-refractivity contribution in [1.82, 2.24) is 19.1 Å². The molecule has 4 rings (SSSR count). The van der Waals surface area contributed by atoms with Crippen LogP contribution in [0.15, 0.2) is 23.1 Å². The number of halogens is 3. The molecule has 0 radical (unpaired) electrons. The van der Waals surface area contributed by atoms with Gasteiger partial charge in [0.15, 0.2) is 5.65 Å². The number of benzene rings is 1. The van der Waals surface area contributed by atoms with E-state index in [9.17, 15) is 22.8 Å². The lowest BCUT2D eigenvalue weighted by molar-refractivity contribution is -0.137. The number of nitrogens with two attached hydrogens (primary N) is 1. The van der Waals surface area contributed by atoms with Crippen molar-refractivity contribution < 1.29 is 22.7 Å². The van der Waals surface area contributed by atoms with Crippen molar-refractivity contribution in [2.45, 2.75) is 32.0 Å². The lowest BCUT2D eigenvalue weighted by atomic mass is 10.0. The van der Waals surface area contributed by atoms with Gasteiger partial charge in [-0.3, -0.25) is 13.9 Å². The van der Waals surface area contributed by atoms with Crippen molar-refractivity contribution in [2.24, 2.45) is 12.8 Å². The number of fused-ring (bicyclic) bond motifs is 1. The van der Waals surface area contributed by atoms with Crippen molar-refractivity contribution in [1.29, 1.82) is 0 Å². The van der Waals surface area contributed by atoms with Crippen LogP contribution >= 0.6 is 0 Å². The largest absolute Gasteiger partial charge is 0.417 e. The number of rotatable bonds is 4. The summed E-state index contributed by atoms with van der Waals surface area (Å²) < 4.78 is 48.7. The fraction of sp³-hybridized carbons (Fsp3) is 0.400. The van der Waals surface area contributed by atoms with Crippen molar-refractivity contribution in [2.75, 3.05) is 18.5 Å². The number of anilines is 2. The highest BCUT2D eigenvalue weighted by molar-refractivity contribution is 5.95. The number of amides is 1. The Morgan fingerprint density at radius 3 is 2.59 bits per heavy atom. The third kappa shape index (κ3) is 3.81. The number of imidazole rings is 1. The molecule has 9 nitrogen and oxygen atoms in total. The standard InChI is InChI=1S/C20H21F3N6O3/c1-10-7-12(16(24)30)13(20(21,22)23)8-14(10)26-18-25-9-15-17(27-18)29(19(31)28(15)2)11-3-5-32-6-4-11/h7-9,11H,3-6H2,1-2H3,(H2,24,30)(H,25,26,27). The number of carbonyl (C=O) groups is 1. The molecule has 0 aliphatic carbocycles. The maximum atomic E-state index is 13.5. The number of aryl methyl sites for hydroxylation is 2. The average molecular weight is 450 g/mol. The Bertz CT molecular complexity index is 1260. The van der Waals surface area contributed by atoms with Crippen LogP contribution in [0.1, 0.15) is 40.4 Å². The minimum atomic E-state index is -4.78. The lowest BCUT2D eigenvalue weighted by Gasteiger charge is -2.22. The van der Waals surface area contributed by atoms with Crippen LogP contribution in [0.2, 0.25) is 0 Å². The number of nitrogens with one attached hydrogen (secondary N) is 1. The van der Waals surface area contributed by atoms with Gasteiger partial charge < -0.3 is 15.8 Å². The van der Waals surface area contributed by atoms with Crippen molar-refractivity contribution >= 4 is 28.7 Å². The SMILES string of the molecule is Cc1cc(C(N)=O)c(C(F)(F)F)cc1Nc1ncc2c(n1)n(C1CCOCC1)c(=O)n2C. The zero-order valence-electron chi connectivity index (χ0n) is 17.4. The first-order valence-corrected chi connectivity index (χ1v) is 9.88. The van der Waals surface area contributed by atoms with Gasteiger partial charge in [-0.05, 0) is 37.5 Å². The molecule has 3 aromatic rings. The van der Waals surface area contributed by atoms with Gasteiger partial charge in [-0.2, -0.15) is 18.2 Å². The van der Waals surface area contributed by atoms with Gasteiger partial charge in [0.25, 0.3) is 0 Å². The second-order valence-electron chi connectivity index (χ2n) is 7.66. The molecular formula is C20H21F3N6O3. The number of hydrogen-bond acceptors (Lipinski definition) is 6. The maximum absolute atomic E-state index is 13.5. The van der Waals surface area contributed by atoms with E-state index in [1.807, 2.05) is 0 Å². The number of alkyl halides is 3. The number of ether oxygens (including phenoxy) is 1. The van der Waals surface area contributed by atoms with Gasteiger partial charge in [-0.15, -0.1) is 0 Å². The molecule has 1 amide bonds. The van der Waals surface area contributed by atoms with Crippen molar-refractivity contribution in [3.63, 3.8) is 0 Å². The molecule has 0 bridgehead atoms. The topological polar surface area (TPSA) is 117 Å². The van der Waals surface area contributed by atoms with E-state index in [0.29, 0.717) is 42.8 Å². The summed E-state index contributed by atoms with van der Waals surface area (Å²) in [6.45, 7) is 2.58. The number of nitrogens with zero attached hydrogens (tertiary/aromatic N) is 4. The molecule has 32 heavy (non-hydrogen) atoms. The highest BCUT2D eigenvalue weighted by Gasteiger charge is 2.35. The van der Waals surface area contributed by atoms with Crippen molar-refractivity contribution in [3.8, 4) is 0 Å². The molecule has 3 heterocycles. The predicted octanol–water partition coefficient (Wildman–Crippen LogP) is 2.65. The van der Waals surface area contributed by atoms with Crippen LogP contribution in [-0.4, -0.2) is 38.2 Å². The fourth-order valence-corrected chi connectivity index (χ4v) is 3.87. The summed E-state index contributed by atoms with van der Waals surface area (Å²) in [6, 6.07) is 1.78. The monoisotopic (exact) mass is 450 g/mol. The fourth-order valence-electron chi connectivity index (χ4n) is 3.87. The predicted molar refractivity (Wildman–Crippen MR) is 110 cm³/mol. The summed E-state index contributed by atoms with van der Waals surface area (Å²) in [6.07, 6.45) is -2.04. The van der Waals surface area contributed by atoms with Gasteiger partial charge in [-0.1, -0.05) is 0 Å². The van der Waals surface area contributed by atoms with Gasteiger partial charge in [0, 0.05) is 32.0 Å². The van der Waals surface area contributed by atoms with Crippen molar-refractivity contribution in [3.05, 3.63) is 45.5 Å². The third-order valence-electron chi connectivity index (χ3n) is 5.57. The van der Waals surface area contributed by atoms with Gasteiger partial charge >= 0.3 is 11.9 Å². The van der Waals surface area contributed by atoms with Crippen LogP contribution in [0, 0.1) is 6.92 Å². The molecule has 0 saturated carbocycles. The molecular weight excluding hydrogens is 429 g/mol. The van der Waals surface area contributed by atoms with Crippen LogP contribution in [0.5, 0.6) is 0 Å². The highest BCUT2D eigenvalue weighted by atomic mass is 19.4. The Morgan fingerprint density at radius 1 is 1.28 bits per heavy atom. The zero-order valence-corrected chi connectivity index (χ0v) is 17.4. The van der Waals surface area contributed by atoms with Gasteiger partial charge in [-0.25, -0.2) is 9.78 Å². The van der Waals surface area contributed by atoms with E-state index in [2.05, 4.69) is 15.3 Å². The molecule has 1 aliphatic heterocycles. The van der Waals surface area contributed by atoms with Crippen LogP contribution in [0.4, 0.5) is 24.8 Å². The summed E-state index contributed by atoms with van der Waals surface area (Å²) >= 11 is 0. The van der Waals surface area contributed by atoms with E-state index in [1.165, 1.54) is 17.7 Å². The zero-order chi connectivity index (χ0) is 23.2. The Balaban J connectivity index is 1.78. The second-order valence-corrected chi connectivity index (χ2v) is 7.66. The minimum Gasteiger partial charge on any atom is -0.381 e. The first kappa shape index (κ1) is 21.8. The van der Waals surface area contributed by atoms with Gasteiger partial charge in [0.05, 0.1) is 17.3 Å². The third-order valence-corrected chi connectivity index (χ3v) is 5.57. The van der Waals surface area contributed by atoms with E-state index < -0.39 is 23.2 Å². The Kier molecular flexibility index (Phi) is 5.41. The quantitative estimate of drug-likeness (QED) is 0.631. The van der Waals surface area contributed by atoms with Crippen LogP contribution in [0.3, 0.4) is 0 Å². The maximum Gasteiger partial charge on any atom is 0.417 e. The summed E-state index contributed by atoms with van der Waals surface area (Å²) in [5.41, 5.74) is 4.40. The van der Waals surface area contributed by atoms with Gasteiger partial charge in [0.1, 0.15) is 5.52 Å². The van der Waals surface area contributed by atoms with E-state index in [4.69, 9.17) is 10.5 Å². The molecule has 0 atom stereocenters. The van der Waals surface area contributed by atoms with Crippen LogP contribution in [0.25, 0.3) is 11.2 Å². The number of carbonyl (C=O) groups excluding carboxylic acids is 1. The Labute approximate surface area is 180 Å². The molecule has 0 unspecified atom stereocenters. The second kappa shape index (κ2) is 7.93. The molecule has 0 spiro atoms. The Hall–Kier alpha value is -3.41. The number of aromatic nitrogens is 4. The molecule has 1 fully saturated rings. The summed E-state index contributed by atoms with van der Waals surface area (Å²) in [7, 11) is 1.61. The van der Waals surface area contributed by atoms with E-state index in [1.54, 1.807) is 11.6 Å². The highest BCUT2D eigenvalue weighted by Crippen LogP contribution is 2.36. The Morgan fingerprint density at radius 2 is 1.97 bits per heavy atom. The van der Waals surface area contributed by atoms with E-state index in [0.717, 1.165) is 12.1 Å². The summed E-state index contributed by atoms with van der Waals surface area (Å²) in [5, 5.41) is 2.78. The summed E-state index contributed by atoms with van der Waals surface area (Å²) in [4.78, 5) is 32.9. The molecule has 12 heteroatoms. The molecule has 170 valence electrons. The number of hydrogen-bond donors (Lipinski definition) is 2. The first-order valence-electron chi connectivity index (χ1n) is 9.88. The van der Waals surface area contributed by atoms with E-state index in [-0.39, 0.29) is 23.4 Å². The normalized spacial score (nSPS) is 15.3. The molecule has 1 aromatic carbocycles. The minimum absolute atomic E-state index is 0.0203. The first-order chi connectivity index (χ1) is 15.1. The molecule has 1 aliphatic rings.